The average Bonchev–Trinajstić information content (AvgIpc) is 3.55. The van der Waals surface area contributed by atoms with E-state index in [0.717, 1.165) is 37.4 Å². The van der Waals surface area contributed by atoms with Crippen LogP contribution < -0.4 is 9.47 Å². The first-order valence-electron chi connectivity index (χ1n) is 14.1. The topological polar surface area (TPSA) is 82.5 Å². The smallest absolute Gasteiger partial charge is 0.264 e. The summed E-state index contributed by atoms with van der Waals surface area (Å²) in [4.78, 5) is 18.2. The van der Waals surface area contributed by atoms with Crippen molar-refractivity contribution >= 4 is 17.5 Å². The van der Waals surface area contributed by atoms with Crippen molar-refractivity contribution < 1.29 is 24.5 Å². The number of phenolic OH excluding ortho intramolecular Hbond substituents is 1. The summed E-state index contributed by atoms with van der Waals surface area (Å²) in [7, 11) is 0. The molecule has 1 unspecified atom stereocenters. The third kappa shape index (κ3) is 3.07. The molecule has 2 N–H and O–H groups in total. The van der Waals surface area contributed by atoms with E-state index in [2.05, 4.69) is 4.90 Å². The van der Waals surface area contributed by atoms with Gasteiger partial charge in [-0.3, -0.25) is 9.69 Å². The normalized spacial score (nSPS) is 37.2. The van der Waals surface area contributed by atoms with Crippen molar-refractivity contribution in [2.24, 2.45) is 5.92 Å². The van der Waals surface area contributed by atoms with Gasteiger partial charge in [-0.1, -0.05) is 17.7 Å². The summed E-state index contributed by atoms with van der Waals surface area (Å²) >= 11 is 6.01. The Morgan fingerprint density at radius 2 is 1.87 bits per heavy atom. The third-order valence-corrected chi connectivity index (χ3v) is 10.7. The van der Waals surface area contributed by atoms with E-state index in [-0.39, 0.29) is 23.7 Å². The Morgan fingerprint density at radius 1 is 1.05 bits per heavy atom. The van der Waals surface area contributed by atoms with Crippen molar-refractivity contribution in [2.45, 2.75) is 80.3 Å². The maximum Gasteiger partial charge on any atom is 0.264 e. The fourth-order valence-electron chi connectivity index (χ4n) is 8.57. The summed E-state index contributed by atoms with van der Waals surface area (Å²) in [5, 5.41) is 24.2. The summed E-state index contributed by atoms with van der Waals surface area (Å²) < 4.78 is 12.7. The molecule has 4 fully saturated rings. The molecule has 8 heteroatoms. The number of amides is 1. The number of aromatic hydroxyl groups is 1. The molecule has 2 aromatic rings. The quantitative estimate of drug-likeness (QED) is 0.607. The van der Waals surface area contributed by atoms with Crippen LogP contribution in [0.15, 0.2) is 36.4 Å². The molecule has 2 aromatic carbocycles. The number of rotatable bonds is 5. The number of aliphatic hydroxyl groups is 1. The Hall–Kier alpha value is -2.48. The van der Waals surface area contributed by atoms with Gasteiger partial charge in [0.1, 0.15) is 11.9 Å². The van der Waals surface area contributed by atoms with Gasteiger partial charge >= 0.3 is 0 Å². The largest absolute Gasteiger partial charge is 0.504 e. The highest BCUT2D eigenvalue weighted by Crippen LogP contribution is 2.66. The van der Waals surface area contributed by atoms with E-state index in [1.165, 1.54) is 18.4 Å². The molecule has 6 atom stereocenters. The van der Waals surface area contributed by atoms with Gasteiger partial charge in [0.25, 0.3) is 5.91 Å². The number of benzene rings is 2. The number of piperidine rings is 1. The zero-order valence-corrected chi connectivity index (χ0v) is 22.1. The van der Waals surface area contributed by atoms with Gasteiger partial charge in [0.05, 0.1) is 17.1 Å². The van der Waals surface area contributed by atoms with Gasteiger partial charge in [0, 0.05) is 36.1 Å². The lowest BCUT2D eigenvalue weighted by Crippen LogP contribution is -2.78. The Morgan fingerprint density at radius 3 is 2.66 bits per heavy atom. The van der Waals surface area contributed by atoms with Crippen LogP contribution in [0.25, 0.3) is 0 Å². The zero-order valence-electron chi connectivity index (χ0n) is 21.3. The number of hydrogen-bond acceptors (Lipinski definition) is 6. The van der Waals surface area contributed by atoms with Gasteiger partial charge in [-0.2, -0.15) is 0 Å². The van der Waals surface area contributed by atoms with Crippen molar-refractivity contribution in [3.05, 3.63) is 52.5 Å². The van der Waals surface area contributed by atoms with Crippen LogP contribution in [0.5, 0.6) is 17.2 Å². The number of ether oxygens (including phenoxy) is 2. The molecule has 2 saturated carbocycles. The van der Waals surface area contributed by atoms with Crippen LogP contribution >= 0.6 is 11.6 Å². The lowest BCUT2D eigenvalue weighted by molar-refractivity contribution is -0.201. The minimum absolute atomic E-state index is 0.0298. The maximum absolute atomic E-state index is 13.7. The van der Waals surface area contributed by atoms with Crippen LogP contribution in [0.4, 0.5) is 0 Å². The highest BCUT2D eigenvalue weighted by Gasteiger charge is 2.73. The maximum atomic E-state index is 13.7. The van der Waals surface area contributed by atoms with Crippen LogP contribution in [0.3, 0.4) is 0 Å². The Bertz CT molecular complexity index is 1310. The van der Waals surface area contributed by atoms with Crippen LogP contribution in [0.1, 0.15) is 49.7 Å². The fraction of sp³-hybridized carbons (Fsp3) is 0.567. The minimum atomic E-state index is -0.949. The molecular weight excluding hydrogens is 504 g/mol. The van der Waals surface area contributed by atoms with Gasteiger partial charge in [0.2, 0.25) is 0 Å². The first kappa shape index (κ1) is 23.4. The third-order valence-electron chi connectivity index (χ3n) is 10.4. The van der Waals surface area contributed by atoms with Crippen LogP contribution in [0.2, 0.25) is 5.02 Å². The molecule has 6 aliphatic rings. The second-order valence-corrected chi connectivity index (χ2v) is 12.7. The predicted octanol–water partition coefficient (Wildman–Crippen LogP) is 3.66. The second kappa shape index (κ2) is 8.03. The second-order valence-electron chi connectivity index (χ2n) is 12.3. The van der Waals surface area contributed by atoms with Crippen molar-refractivity contribution in [3.63, 3.8) is 0 Å². The molecule has 2 saturated heterocycles. The number of phenols is 1. The summed E-state index contributed by atoms with van der Waals surface area (Å²) in [6, 6.07) is 10.7. The number of halogens is 1. The average molecular weight is 537 g/mol. The molecular formula is C30H33ClN2O5. The summed E-state index contributed by atoms with van der Waals surface area (Å²) in [5.74, 6) is 1.99. The highest BCUT2D eigenvalue weighted by molar-refractivity contribution is 6.30. The predicted molar refractivity (Wildman–Crippen MR) is 141 cm³/mol. The highest BCUT2D eigenvalue weighted by atomic mass is 35.5. The molecule has 0 radical (unpaired) electrons. The van der Waals surface area contributed by atoms with Gasteiger partial charge in [0.15, 0.2) is 17.6 Å². The number of carbonyl (C=O) groups excluding carboxylic acids is 1. The van der Waals surface area contributed by atoms with Gasteiger partial charge in [-0.15, -0.1) is 0 Å². The van der Waals surface area contributed by atoms with E-state index >= 15 is 0 Å². The minimum Gasteiger partial charge on any atom is -0.504 e. The number of nitrogens with zero attached hydrogens (tertiary/aromatic N) is 2. The molecule has 1 amide bonds. The van der Waals surface area contributed by atoms with E-state index in [9.17, 15) is 15.0 Å². The standard InChI is InChI=1S/C30H33ClN2O5/c31-19-4-6-20(7-5-19)37-23-10-13-33(28(23)35)21-9-11-30(36)24-15-18-3-8-22(34)26-25(18)29(30,27(21)38-26)12-14-32(24)16-17-1-2-17/h3-8,17,21,23-24,27,34,36H,1-2,9-16H2/t21-,23?,24+,27+,29+,30-/m1/s1. The monoisotopic (exact) mass is 536 g/mol. The lowest BCUT2D eigenvalue weighted by Gasteiger charge is -2.64. The van der Waals surface area contributed by atoms with Crippen molar-refractivity contribution in [1.29, 1.82) is 0 Å². The fourth-order valence-corrected chi connectivity index (χ4v) is 8.69. The molecule has 7 nitrogen and oxygen atoms in total. The number of hydrogen-bond donors (Lipinski definition) is 2. The SMILES string of the molecule is O=C1C(Oc2ccc(Cl)cc2)CCN1[C@@H]1CC[C@@]2(O)[C@@H]3Cc4ccc(O)c5c4[C@@]2(CCN3CC2CC2)[C@H]1O5. The summed E-state index contributed by atoms with van der Waals surface area (Å²) in [6.45, 7) is 2.54. The first-order valence-corrected chi connectivity index (χ1v) is 14.5. The summed E-state index contributed by atoms with van der Waals surface area (Å²) in [5.41, 5.74) is 0.595. The van der Waals surface area contributed by atoms with Crippen LogP contribution in [-0.4, -0.2) is 75.4 Å². The zero-order chi connectivity index (χ0) is 25.8. The number of likely N-dealkylation sites (tertiary alicyclic amines) is 2. The summed E-state index contributed by atoms with van der Waals surface area (Å²) in [6.07, 6.45) is 5.04. The molecule has 8 rings (SSSR count). The Labute approximate surface area is 227 Å². The van der Waals surface area contributed by atoms with E-state index in [1.807, 2.05) is 11.0 Å². The van der Waals surface area contributed by atoms with Crippen molar-refractivity contribution in [3.8, 4) is 17.2 Å². The Kier molecular flexibility index (Phi) is 4.94. The van der Waals surface area contributed by atoms with Gasteiger partial charge in [-0.05, 0) is 86.9 Å². The molecule has 200 valence electrons. The van der Waals surface area contributed by atoms with E-state index in [1.54, 1.807) is 30.3 Å². The van der Waals surface area contributed by atoms with Crippen molar-refractivity contribution in [1.82, 2.24) is 9.80 Å². The van der Waals surface area contributed by atoms with E-state index in [0.29, 0.717) is 42.3 Å². The first-order chi connectivity index (χ1) is 18.4. The van der Waals surface area contributed by atoms with Gasteiger partial charge in [-0.25, -0.2) is 0 Å². The molecule has 3 aliphatic heterocycles. The van der Waals surface area contributed by atoms with Gasteiger partial charge < -0.3 is 24.6 Å². The van der Waals surface area contributed by atoms with E-state index < -0.39 is 23.2 Å². The van der Waals surface area contributed by atoms with Crippen molar-refractivity contribution in [2.75, 3.05) is 19.6 Å². The molecule has 0 aromatic heterocycles. The number of carbonyl (C=O) groups is 1. The molecule has 3 heterocycles. The van der Waals surface area contributed by atoms with E-state index in [4.69, 9.17) is 21.1 Å². The van der Waals surface area contributed by atoms with Crippen LogP contribution in [0, 0.1) is 5.92 Å². The molecule has 3 aliphatic carbocycles. The molecule has 1 spiro atoms. The lowest BCUT2D eigenvalue weighted by atomic mass is 9.48. The molecule has 38 heavy (non-hydrogen) atoms. The molecule has 2 bridgehead atoms. The Balaban J connectivity index is 1.14. The van der Waals surface area contributed by atoms with Crippen LogP contribution in [-0.2, 0) is 16.6 Å².